The Bertz CT molecular complexity index is 106. The van der Waals surface area contributed by atoms with Gasteiger partial charge in [0.05, 0.1) is 6.61 Å². The van der Waals surface area contributed by atoms with Gasteiger partial charge in [-0.3, -0.25) is 0 Å². The van der Waals surface area contributed by atoms with E-state index in [1.807, 2.05) is 0 Å². The molecule has 0 radical (unpaired) electrons. The number of rotatable bonds is 4. The van der Waals surface area contributed by atoms with Crippen LogP contribution in [0.15, 0.2) is 12.0 Å². The highest BCUT2D eigenvalue weighted by molar-refractivity contribution is 4.75. The molecule has 0 saturated heterocycles. The van der Waals surface area contributed by atoms with Crippen molar-refractivity contribution in [1.82, 2.24) is 0 Å². The maximum absolute atomic E-state index is 8.81. The predicted octanol–water partition coefficient (Wildman–Crippen LogP) is 2.47. The third kappa shape index (κ3) is 5.48. The zero-order valence-electron chi connectivity index (χ0n) is 6.92. The van der Waals surface area contributed by atoms with Crippen molar-refractivity contribution < 1.29 is 9.84 Å². The number of aliphatic hydroxyl groups excluding tert-OH is 1. The second-order valence-electron chi connectivity index (χ2n) is 2.66. The van der Waals surface area contributed by atoms with Gasteiger partial charge in [0.1, 0.15) is 0 Å². The molecule has 0 aromatic carbocycles. The van der Waals surface area contributed by atoms with Crippen molar-refractivity contribution in [3.63, 3.8) is 0 Å². The Kier molecular flexibility index (Phi) is 4.81. The largest absolute Gasteiger partial charge is 0.481 e. The minimum atomic E-state index is 0.0284. The van der Waals surface area contributed by atoms with Gasteiger partial charge in [-0.05, 0) is 25.3 Å². The van der Waals surface area contributed by atoms with E-state index < -0.39 is 0 Å². The lowest BCUT2D eigenvalue weighted by atomic mass is 10.1. The normalized spacial score (nSPS) is 12.2. The van der Waals surface area contributed by atoms with Crippen LogP contribution in [0.1, 0.15) is 27.2 Å². The van der Waals surface area contributed by atoms with Crippen molar-refractivity contribution in [1.29, 1.82) is 0 Å². The fraction of sp³-hybridized carbons (Fsp3) is 0.750. The molecule has 0 aromatic heterocycles. The first-order valence-corrected chi connectivity index (χ1v) is 3.65. The lowest BCUT2D eigenvalue weighted by Gasteiger charge is -2.05. The van der Waals surface area contributed by atoms with E-state index in [9.17, 15) is 0 Å². The lowest BCUT2D eigenvalue weighted by Crippen LogP contribution is -1.98. The second-order valence-corrected chi connectivity index (χ2v) is 2.66. The molecule has 1 N–H and O–H groups in total. The van der Waals surface area contributed by atoms with Gasteiger partial charge < -0.3 is 9.84 Å². The molecule has 0 spiro atoms. The summed E-state index contributed by atoms with van der Waals surface area (Å²) >= 11 is 0. The van der Waals surface area contributed by atoms with Gasteiger partial charge in [-0.25, -0.2) is 0 Å². The van der Waals surface area contributed by atoms with Crippen molar-refractivity contribution in [3.05, 3.63) is 12.0 Å². The number of allylic oxidation sites excluding steroid dienone is 1. The van der Waals surface area contributed by atoms with E-state index in [2.05, 4.69) is 13.8 Å². The molecule has 10 heavy (non-hydrogen) atoms. The van der Waals surface area contributed by atoms with Crippen molar-refractivity contribution in [3.8, 4) is 0 Å². The molecular weight excluding hydrogens is 128 g/mol. The second kappa shape index (κ2) is 5.15. The average molecular weight is 144 g/mol. The Morgan fingerprint density at radius 1 is 1.60 bits per heavy atom. The maximum atomic E-state index is 8.81. The molecule has 0 unspecified atom stereocenters. The minimum Gasteiger partial charge on any atom is -0.481 e. The molecule has 0 heterocycles. The zero-order chi connectivity index (χ0) is 7.98. The molecule has 2 nitrogen and oxygen atoms in total. The van der Waals surface area contributed by atoms with Gasteiger partial charge in [0, 0.05) is 0 Å². The minimum absolute atomic E-state index is 0.0284. The summed E-state index contributed by atoms with van der Waals surface area (Å²) in [4.78, 5) is 0. The fourth-order valence-electron chi connectivity index (χ4n) is 0.483. The fourth-order valence-corrected chi connectivity index (χ4v) is 0.483. The molecule has 60 valence electrons. The third-order valence-electron chi connectivity index (χ3n) is 1.19. The van der Waals surface area contributed by atoms with E-state index in [1.54, 1.807) is 13.0 Å². The molecule has 0 bridgehead atoms. The highest BCUT2D eigenvalue weighted by Crippen LogP contribution is 2.01. The van der Waals surface area contributed by atoms with Crippen molar-refractivity contribution >= 4 is 0 Å². The molecule has 0 fully saturated rings. The van der Waals surface area contributed by atoms with Crippen molar-refractivity contribution in [2.24, 2.45) is 5.92 Å². The third-order valence-corrected chi connectivity index (χ3v) is 1.19. The Morgan fingerprint density at radius 2 is 2.20 bits per heavy atom. The quantitative estimate of drug-likeness (QED) is 0.614. The van der Waals surface area contributed by atoms with E-state index in [0.717, 1.165) is 6.42 Å². The predicted molar refractivity (Wildman–Crippen MR) is 41.8 cm³/mol. The first-order chi connectivity index (χ1) is 4.66. The summed E-state index contributed by atoms with van der Waals surface area (Å²) in [7, 11) is 0. The maximum Gasteiger partial charge on any atom is 0.272 e. The molecule has 0 aliphatic heterocycles. The summed E-state index contributed by atoms with van der Waals surface area (Å²) in [5, 5.41) is 8.81. The number of hydrogen-bond donors (Lipinski definition) is 1. The Balaban J connectivity index is 3.20. The number of ether oxygens (including phenoxy) is 1. The smallest absolute Gasteiger partial charge is 0.272 e. The molecule has 0 aliphatic carbocycles. The summed E-state index contributed by atoms with van der Waals surface area (Å²) in [6.07, 6.45) is 2.53. The topological polar surface area (TPSA) is 29.5 Å². The van der Waals surface area contributed by atoms with Gasteiger partial charge in [-0.15, -0.1) is 0 Å². The average Bonchev–Trinajstić information content (AvgIpc) is 1.87. The first kappa shape index (κ1) is 9.34. The van der Waals surface area contributed by atoms with E-state index in [1.165, 1.54) is 0 Å². The lowest BCUT2D eigenvalue weighted by molar-refractivity contribution is 0.0860. The summed E-state index contributed by atoms with van der Waals surface area (Å²) in [5.41, 5.74) is 0. The number of aliphatic hydroxyl groups is 1. The van der Waals surface area contributed by atoms with Crippen LogP contribution in [0, 0.1) is 5.92 Å². The summed E-state index contributed by atoms with van der Waals surface area (Å²) in [5.74, 6) is 0.658. The van der Waals surface area contributed by atoms with Crippen molar-refractivity contribution in [2.45, 2.75) is 27.2 Å². The van der Waals surface area contributed by atoms with E-state index >= 15 is 0 Å². The molecule has 0 atom stereocenters. The Labute approximate surface area is 62.5 Å². The molecule has 0 saturated carbocycles. The zero-order valence-corrected chi connectivity index (χ0v) is 6.92. The molecule has 0 rings (SSSR count). The molecule has 2 heteroatoms. The van der Waals surface area contributed by atoms with Gasteiger partial charge >= 0.3 is 0 Å². The molecular formula is C8H16O2. The van der Waals surface area contributed by atoms with Gasteiger partial charge in [-0.2, -0.15) is 0 Å². The van der Waals surface area contributed by atoms with Crippen LogP contribution in [-0.2, 0) is 4.74 Å². The van der Waals surface area contributed by atoms with Crippen LogP contribution >= 0.6 is 0 Å². The van der Waals surface area contributed by atoms with Crippen LogP contribution in [0.2, 0.25) is 0 Å². The first-order valence-electron chi connectivity index (χ1n) is 3.65. The summed E-state index contributed by atoms with van der Waals surface area (Å²) < 4.78 is 4.92. The van der Waals surface area contributed by atoms with Gasteiger partial charge in [0.25, 0.3) is 5.95 Å². The highest BCUT2D eigenvalue weighted by atomic mass is 16.6. The summed E-state index contributed by atoms with van der Waals surface area (Å²) in [6.45, 7) is 6.59. The van der Waals surface area contributed by atoms with E-state index in [-0.39, 0.29) is 5.95 Å². The van der Waals surface area contributed by atoms with Crippen LogP contribution in [0.4, 0.5) is 0 Å². The SMILES string of the molecule is CC=C(O)OCCC(C)C. The molecule has 0 aromatic rings. The van der Waals surface area contributed by atoms with Crippen LogP contribution in [-0.4, -0.2) is 11.7 Å². The van der Waals surface area contributed by atoms with Gasteiger partial charge in [0.15, 0.2) is 0 Å². The van der Waals surface area contributed by atoms with Gasteiger partial charge in [-0.1, -0.05) is 13.8 Å². The Hall–Kier alpha value is -0.660. The Morgan fingerprint density at radius 3 is 2.60 bits per heavy atom. The van der Waals surface area contributed by atoms with Crippen LogP contribution in [0.25, 0.3) is 0 Å². The van der Waals surface area contributed by atoms with Crippen LogP contribution < -0.4 is 0 Å². The standard InChI is InChI=1S/C8H16O2/c1-4-8(9)10-6-5-7(2)3/h4,7,9H,5-6H2,1-3H3. The van der Waals surface area contributed by atoms with E-state index in [0.29, 0.717) is 12.5 Å². The molecule has 0 aliphatic rings. The van der Waals surface area contributed by atoms with Crippen molar-refractivity contribution in [2.75, 3.05) is 6.61 Å². The highest BCUT2D eigenvalue weighted by Gasteiger charge is 1.94. The molecule has 0 amide bonds. The van der Waals surface area contributed by atoms with Crippen LogP contribution in [0.5, 0.6) is 0 Å². The van der Waals surface area contributed by atoms with Crippen LogP contribution in [0.3, 0.4) is 0 Å². The van der Waals surface area contributed by atoms with Gasteiger partial charge in [0.2, 0.25) is 0 Å². The summed E-state index contributed by atoms with van der Waals surface area (Å²) in [6, 6.07) is 0. The van der Waals surface area contributed by atoms with E-state index in [4.69, 9.17) is 9.84 Å². The number of hydrogen-bond acceptors (Lipinski definition) is 2. The monoisotopic (exact) mass is 144 g/mol.